The van der Waals surface area contributed by atoms with Crippen molar-refractivity contribution in [3.8, 4) is 0 Å². The highest BCUT2D eigenvalue weighted by atomic mass is 32.1. The van der Waals surface area contributed by atoms with Gasteiger partial charge < -0.3 is 9.64 Å². The van der Waals surface area contributed by atoms with Crippen LogP contribution in [0.5, 0.6) is 0 Å². The van der Waals surface area contributed by atoms with E-state index in [4.69, 9.17) is 4.74 Å². The summed E-state index contributed by atoms with van der Waals surface area (Å²) in [6.45, 7) is 8.54. The second-order valence-electron chi connectivity index (χ2n) is 5.27. The molecule has 0 N–H and O–H groups in total. The fraction of sp³-hybridized carbons (Fsp3) is 0.714. The first-order chi connectivity index (χ1) is 9.05. The summed E-state index contributed by atoms with van der Waals surface area (Å²) in [6.07, 6.45) is 3.62. The molecule has 5 heteroatoms. The summed E-state index contributed by atoms with van der Waals surface area (Å²) >= 11 is 1.59. The van der Waals surface area contributed by atoms with Crippen molar-refractivity contribution < 1.29 is 9.53 Å². The highest BCUT2D eigenvalue weighted by molar-refractivity contribution is 7.15. The number of hydrogen-bond acceptors (Lipinski definition) is 5. The number of esters is 1. The Morgan fingerprint density at radius 2 is 2.16 bits per heavy atom. The number of thiazole rings is 1. The summed E-state index contributed by atoms with van der Waals surface area (Å²) in [7, 11) is 1.40. The van der Waals surface area contributed by atoms with Gasteiger partial charge in [0.25, 0.3) is 0 Å². The van der Waals surface area contributed by atoms with E-state index in [1.54, 1.807) is 11.3 Å². The lowest BCUT2D eigenvalue weighted by Gasteiger charge is -2.26. The normalized spacial score (nSPS) is 17.8. The summed E-state index contributed by atoms with van der Waals surface area (Å²) in [5, 5.41) is 0.960. The van der Waals surface area contributed by atoms with Crippen LogP contribution in [-0.4, -0.2) is 31.2 Å². The Balaban J connectivity index is 2.18. The number of carbonyl (C=O) groups excluding carboxylic acids is 1. The zero-order chi connectivity index (χ0) is 14.0. The summed E-state index contributed by atoms with van der Waals surface area (Å²) in [5.41, 5.74) is 0.887. The van der Waals surface area contributed by atoms with Crippen molar-refractivity contribution in [1.29, 1.82) is 0 Å². The maximum absolute atomic E-state index is 11.6. The van der Waals surface area contributed by atoms with Crippen molar-refractivity contribution in [2.45, 2.75) is 40.0 Å². The molecule has 1 aliphatic rings. The average Bonchev–Trinajstić information content (AvgIpc) is 3.02. The molecule has 1 aliphatic heterocycles. The molecule has 1 aromatic heterocycles. The molecule has 0 bridgehead atoms. The molecule has 0 aromatic carbocycles. The van der Waals surface area contributed by atoms with E-state index in [1.165, 1.54) is 26.4 Å². The van der Waals surface area contributed by atoms with E-state index in [0.717, 1.165) is 23.1 Å². The van der Waals surface area contributed by atoms with Crippen LogP contribution in [-0.2, 0) is 4.74 Å². The minimum Gasteiger partial charge on any atom is -0.464 e. The fourth-order valence-electron chi connectivity index (χ4n) is 2.73. The first-order valence-electron chi connectivity index (χ1n) is 6.86. The van der Waals surface area contributed by atoms with Crippen molar-refractivity contribution in [2.24, 2.45) is 5.41 Å². The largest absolute Gasteiger partial charge is 0.464 e. The fourth-order valence-corrected chi connectivity index (χ4v) is 3.65. The van der Waals surface area contributed by atoms with Crippen LogP contribution in [0.4, 0.5) is 5.13 Å². The van der Waals surface area contributed by atoms with Crippen molar-refractivity contribution >= 4 is 22.4 Å². The lowest BCUT2D eigenvalue weighted by molar-refractivity contribution is 0.0594. The minimum absolute atomic E-state index is 0.337. The van der Waals surface area contributed by atoms with E-state index in [2.05, 4.69) is 23.7 Å². The number of rotatable bonds is 4. The number of nitrogens with zero attached hydrogens (tertiary/aromatic N) is 2. The van der Waals surface area contributed by atoms with Crippen LogP contribution < -0.4 is 4.90 Å². The molecule has 19 heavy (non-hydrogen) atoms. The van der Waals surface area contributed by atoms with Crippen molar-refractivity contribution in [2.75, 3.05) is 25.1 Å². The maximum atomic E-state index is 11.6. The number of methoxy groups -OCH3 is 1. The van der Waals surface area contributed by atoms with Gasteiger partial charge in [-0.1, -0.05) is 13.8 Å². The lowest BCUT2D eigenvalue weighted by Crippen LogP contribution is -2.26. The maximum Gasteiger partial charge on any atom is 0.357 e. The van der Waals surface area contributed by atoms with Gasteiger partial charge in [0.05, 0.1) is 7.11 Å². The monoisotopic (exact) mass is 282 g/mol. The molecule has 2 rings (SSSR count). The molecule has 0 spiro atoms. The Hall–Kier alpha value is -1.10. The zero-order valence-corrected chi connectivity index (χ0v) is 13.0. The second kappa shape index (κ2) is 5.49. The van der Waals surface area contributed by atoms with E-state index < -0.39 is 0 Å². The van der Waals surface area contributed by atoms with E-state index in [-0.39, 0.29) is 5.97 Å². The second-order valence-corrected chi connectivity index (χ2v) is 6.45. The first-order valence-corrected chi connectivity index (χ1v) is 7.67. The van der Waals surface area contributed by atoms with Gasteiger partial charge >= 0.3 is 5.97 Å². The lowest BCUT2D eigenvalue weighted by atomic mass is 9.82. The Bertz CT molecular complexity index is 466. The topological polar surface area (TPSA) is 42.4 Å². The Morgan fingerprint density at radius 1 is 1.47 bits per heavy atom. The van der Waals surface area contributed by atoms with Crippen LogP contribution >= 0.6 is 11.3 Å². The van der Waals surface area contributed by atoms with Crippen LogP contribution in [0.2, 0.25) is 0 Å². The highest BCUT2D eigenvalue weighted by Crippen LogP contribution is 2.40. The Labute approximate surface area is 118 Å². The molecule has 0 aliphatic carbocycles. The number of anilines is 1. The average molecular weight is 282 g/mol. The third kappa shape index (κ3) is 2.61. The van der Waals surface area contributed by atoms with E-state index in [1.807, 2.05) is 6.92 Å². The van der Waals surface area contributed by atoms with Crippen LogP contribution in [0.25, 0.3) is 0 Å². The number of aryl methyl sites for hydroxylation is 1. The van der Waals surface area contributed by atoms with Crippen LogP contribution in [0, 0.1) is 12.3 Å². The molecule has 2 heterocycles. The highest BCUT2D eigenvalue weighted by Gasteiger charge is 2.36. The number of hydrogen-bond donors (Lipinski definition) is 0. The first kappa shape index (κ1) is 14.3. The quantitative estimate of drug-likeness (QED) is 0.795. The molecular formula is C14H22N2O2S. The van der Waals surface area contributed by atoms with Gasteiger partial charge in [0.2, 0.25) is 0 Å². The van der Waals surface area contributed by atoms with Gasteiger partial charge in [-0.2, -0.15) is 0 Å². The van der Waals surface area contributed by atoms with E-state index in [0.29, 0.717) is 11.1 Å². The van der Waals surface area contributed by atoms with Gasteiger partial charge in [0.15, 0.2) is 10.8 Å². The SMILES string of the molecule is CCC1(CC)CCN(c2nc(C(=O)OC)c(C)s2)C1. The molecule has 1 saturated heterocycles. The molecule has 0 atom stereocenters. The standard InChI is InChI=1S/C14H22N2O2S/c1-5-14(6-2)7-8-16(9-14)13-15-11(10(3)19-13)12(17)18-4/h5-9H2,1-4H3. The van der Waals surface area contributed by atoms with E-state index >= 15 is 0 Å². The number of ether oxygens (including phenoxy) is 1. The van der Waals surface area contributed by atoms with Crippen LogP contribution in [0.3, 0.4) is 0 Å². The number of aromatic nitrogens is 1. The molecule has 0 unspecified atom stereocenters. The van der Waals surface area contributed by atoms with Gasteiger partial charge in [-0.05, 0) is 31.6 Å². The summed E-state index contributed by atoms with van der Waals surface area (Å²) in [6, 6.07) is 0. The third-order valence-corrected chi connectivity index (χ3v) is 5.40. The van der Waals surface area contributed by atoms with Gasteiger partial charge in [-0.3, -0.25) is 0 Å². The molecule has 0 amide bonds. The number of carbonyl (C=O) groups is 1. The molecule has 0 saturated carbocycles. The van der Waals surface area contributed by atoms with Gasteiger partial charge in [0, 0.05) is 18.0 Å². The molecule has 106 valence electrons. The zero-order valence-electron chi connectivity index (χ0n) is 12.2. The molecule has 1 aromatic rings. The van der Waals surface area contributed by atoms with Crippen molar-refractivity contribution in [3.05, 3.63) is 10.6 Å². The van der Waals surface area contributed by atoms with Gasteiger partial charge in [-0.25, -0.2) is 9.78 Å². The summed E-state index contributed by atoms with van der Waals surface area (Å²) < 4.78 is 4.76. The molecule has 1 fully saturated rings. The minimum atomic E-state index is -0.337. The Morgan fingerprint density at radius 3 is 2.68 bits per heavy atom. The summed E-state index contributed by atoms with van der Waals surface area (Å²) in [4.78, 5) is 19.3. The van der Waals surface area contributed by atoms with E-state index in [9.17, 15) is 4.79 Å². The van der Waals surface area contributed by atoms with Crippen LogP contribution in [0.1, 0.15) is 48.5 Å². The van der Waals surface area contributed by atoms with Crippen molar-refractivity contribution in [3.63, 3.8) is 0 Å². The molecule has 4 nitrogen and oxygen atoms in total. The van der Waals surface area contributed by atoms with Crippen molar-refractivity contribution in [1.82, 2.24) is 4.98 Å². The predicted molar refractivity (Wildman–Crippen MR) is 78.0 cm³/mol. The molecule has 0 radical (unpaired) electrons. The third-order valence-electron chi connectivity index (χ3n) is 4.37. The van der Waals surface area contributed by atoms with Crippen LogP contribution in [0.15, 0.2) is 0 Å². The van der Waals surface area contributed by atoms with Gasteiger partial charge in [0.1, 0.15) is 0 Å². The Kier molecular flexibility index (Phi) is 4.13. The molecular weight excluding hydrogens is 260 g/mol. The summed E-state index contributed by atoms with van der Waals surface area (Å²) in [5.74, 6) is -0.337. The predicted octanol–water partition coefficient (Wildman–Crippen LogP) is 3.25. The smallest absolute Gasteiger partial charge is 0.357 e. The van der Waals surface area contributed by atoms with Gasteiger partial charge in [-0.15, -0.1) is 11.3 Å².